The maximum Gasteiger partial charge on any atom is 0.416 e. The molecular weight excluding hydrogens is 375 g/mol. The Morgan fingerprint density at radius 1 is 1.21 bits per heavy atom. The Bertz CT molecular complexity index is 799. The maximum atomic E-state index is 13.2. The highest BCUT2D eigenvalue weighted by atomic mass is 19.4. The molecule has 1 saturated heterocycles. The molecule has 0 saturated carbocycles. The van der Waals surface area contributed by atoms with Crippen LogP contribution in [-0.4, -0.2) is 48.1 Å². The third-order valence-electron chi connectivity index (χ3n) is 5.05. The SMILES string of the molecule is CC1CCN(c2ccc(C(F)(F)F)cc2NC2=CC(=O)N(CCO)C2=O)CC1. The van der Waals surface area contributed by atoms with Crippen molar-refractivity contribution in [3.63, 3.8) is 0 Å². The molecule has 2 heterocycles. The van der Waals surface area contributed by atoms with Gasteiger partial charge in [0.25, 0.3) is 11.8 Å². The summed E-state index contributed by atoms with van der Waals surface area (Å²) in [5.74, 6) is -0.734. The van der Waals surface area contributed by atoms with Crippen LogP contribution in [0.15, 0.2) is 30.0 Å². The summed E-state index contributed by atoms with van der Waals surface area (Å²) in [4.78, 5) is 27.1. The van der Waals surface area contributed by atoms with Crippen LogP contribution < -0.4 is 10.2 Å². The molecule has 0 aliphatic carbocycles. The maximum absolute atomic E-state index is 13.2. The number of nitrogens with one attached hydrogen (secondary N) is 1. The number of amides is 2. The number of alkyl halides is 3. The molecule has 2 aliphatic rings. The van der Waals surface area contributed by atoms with Gasteiger partial charge in [-0.05, 0) is 37.0 Å². The third kappa shape index (κ3) is 4.14. The predicted molar refractivity (Wildman–Crippen MR) is 97.6 cm³/mol. The number of nitrogens with zero attached hydrogens (tertiary/aromatic N) is 2. The average Bonchev–Trinajstić information content (AvgIpc) is 2.90. The van der Waals surface area contributed by atoms with E-state index in [1.807, 2.05) is 4.90 Å². The molecule has 2 aliphatic heterocycles. The van der Waals surface area contributed by atoms with Crippen molar-refractivity contribution in [1.82, 2.24) is 4.90 Å². The average molecular weight is 397 g/mol. The Kier molecular flexibility index (Phi) is 5.64. The van der Waals surface area contributed by atoms with Crippen LogP contribution in [0.3, 0.4) is 0 Å². The minimum absolute atomic E-state index is 0.107. The van der Waals surface area contributed by atoms with E-state index < -0.39 is 23.6 Å². The Hall–Kier alpha value is -2.55. The first-order valence-electron chi connectivity index (χ1n) is 9.12. The van der Waals surface area contributed by atoms with Gasteiger partial charge in [-0.25, -0.2) is 0 Å². The molecule has 6 nitrogen and oxygen atoms in total. The minimum Gasteiger partial charge on any atom is -0.395 e. The standard InChI is InChI=1S/C19H22F3N3O3/c1-12-4-6-24(7-5-12)16-3-2-13(19(20,21)22)10-14(16)23-15-11-17(27)25(8-9-26)18(15)28/h2-3,10-12,23,26H,4-9H2,1H3. The molecule has 0 spiro atoms. The number of halogens is 3. The number of imide groups is 1. The first-order chi connectivity index (χ1) is 13.2. The van der Waals surface area contributed by atoms with Gasteiger partial charge in [-0.2, -0.15) is 13.2 Å². The van der Waals surface area contributed by atoms with Gasteiger partial charge in [-0.1, -0.05) is 6.92 Å². The lowest BCUT2D eigenvalue weighted by Gasteiger charge is -2.34. The summed E-state index contributed by atoms with van der Waals surface area (Å²) in [5.41, 5.74) is -0.262. The molecule has 9 heteroatoms. The minimum atomic E-state index is -4.53. The van der Waals surface area contributed by atoms with Gasteiger partial charge in [0.15, 0.2) is 0 Å². The van der Waals surface area contributed by atoms with Gasteiger partial charge < -0.3 is 15.3 Å². The lowest BCUT2D eigenvalue weighted by atomic mass is 9.98. The number of piperidine rings is 1. The number of rotatable bonds is 5. The normalized spacial score (nSPS) is 18.7. The molecule has 28 heavy (non-hydrogen) atoms. The largest absolute Gasteiger partial charge is 0.416 e. The first-order valence-corrected chi connectivity index (χ1v) is 9.12. The predicted octanol–water partition coefficient (Wildman–Crippen LogP) is 2.60. The van der Waals surface area contributed by atoms with Crippen molar-refractivity contribution in [2.24, 2.45) is 5.92 Å². The van der Waals surface area contributed by atoms with E-state index in [0.29, 0.717) is 24.7 Å². The van der Waals surface area contributed by atoms with Gasteiger partial charge in [-0.3, -0.25) is 14.5 Å². The zero-order chi connectivity index (χ0) is 20.5. The molecule has 1 aromatic carbocycles. The Morgan fingerprint density at radius 2 is 1.89 bits per heavy atom. The molecule has 1 aromatic rings. The molecule has 0 bridgehead atoms. The third-order valence-corrected chi connectivity index (χ3v) is 5.05. The molecule has 2 amide bonds. The summed E-state index contributed by atoms with van der Waals surface area (Å²) in [5, 5.41) is 11.7. The van der Waals surface area contributed by atoms with E-state index >= 15 is 0 Å². The van der Waals surface area contributed by atoms with E-state index in [0.717, 1.165) is 36.0 Å². The molecule has 2 N–H and O–H groups in total. The summed E-state index contributed by atoms with van der Waals surface area (Å²) >= 11 is 0. The lowest BCUT2D eigenvalue weighted by molar-refractivity contribution is -0.138. The Balaban J connectivity index is 1.92. The van der Waals surface area contributed by atoms with Gasteiger partial charge >= 0.3 is 6.18 Å². The van der Waals surface area contributed by atoms with Crippen LogP contribution in [0.4, 0.5) is 24.5 Å². The van der Waals surface area contributed by atoms with E-state index in [9.17, 15) is 22.8 Å². The van der Waals surface area contributed by atoms with Crippen molar-refractivity contribution in [1.29, 1.82) is 0 Å². The lowest BCUT2D eigenvalue weighted by Crippen LogP contribution is -2.35. The molecule has 0 unspecified atom stereocenters. The quantitative estimate of drug-likeness (QED) is 0.748. The zero-order valence-corrected chi connectivity index (χ0v) is 15.4. The topological polar surface area (TPSA) is 72.9 Å². The Morgan fingerprint density at radius 3 is 2.50 bits per heavy atom. The monoisotopic (exact) mass is 397 g/mol. The van der Waals surface area contributed by atoms with Gasteiger partial charge in [0.2, 0.25) is 0 Å². The number of carbonyl (C=O) groups is 2. The van der Waals surface area contributed by atoms with Crippen LogP contribution in [0.1, 0.15) is 25.3 Å². The molecular formula is C19H22F3N3O3. The van der Waals surface area contributed by atoms with E-state index in [-0.39, 0.29) is 24.5 Å². The number of aliphatic hydroxyl groups is 1. The summed E-state index contributed by atoms with van der Waals surface area (Å²) in [7, 11) is 0. The highest BCUT2D eigenvalue weighted by Gasteiger charge is 2.34. The second-order valence-corrected chi connectivity index (χ2v) is 7.10. The van der Waals surface area contributed by atoms with Crippen molar-refractivity contribution >= 4 is 23.2 Å². The number of benzene rings is 1. The van der Waals surface area contributed by atoms with Crippen LogP contribution in [0.5, 0.6) is 0 Å². The molecule has 152 valence electrons. The number of hydrogen-bond acceptors (Lipinski definition) is 5. The van der Waals surface area contributed by atoms with E-state index in [1.54, 1.807) is 0 Å². The molecule has 3 rings (SSSR count). The van der Waals surface area contributed by atoms with Crippen LogP contribution in [0.2, 0.25) is 0 Å². The van der Waals surface area contributed by atoms with Crippen molar-refractivity contribution < 1.29 is 27.9 Å². The number of β-amino-alcohol motifs (C(OH)–C–C–N with tert-alkyl or cyclic N) is 1. The van der Waals surface area contributed by atoms with Gasteiger partial charge in [-0.15, -0.1) is 0 Å². The van der Waals surface area contributed by atoms with E-state index in [1.165, 1.54) is 6.07 Å². The number of hydrogen-bond donors (Lipinski definition) is 2. The van der Waals surface area contributed by atoms with Crippen LogP contribution >= 0.6 is 0 Å². The van der Waals surface area contributed by atoms with Crippen molar-refractivity contribution in [2.75, 3.05) is 36.5 Å². The van der Waals surface area contributed by atoms with Crippen LogP contribution in [0.25, 0.3) is 0 Å². The van der Waals surface area contributed by atoms with E-state index in [2.05, 4.69) is 12.2 Å². The number of anilines is 2. The van der Waals surface area contributed by atoms with Crippen molar-refractivity contribution in [2.45, 2.75) is 25.9 Å². The first kappa shape index (κ1) is 20.2. The van der Waals surface area contributed by atoms with Crippen molar-refractivity contribution in [3.8, 4) is 0 Å². The molecule has 0 aromatic heterocycles. The second-order valence-electron chi connectivity index (χ2n) is 7.10. The van der Waals surface area contributed by atoms with Gasteiger partial charge in [0, 0.05) is 19.2 Å². The fraction of sp³-hybridized carbons (Fsp3) is 0.474. The highest BCUT2D eigenvalue weighted by Crippen LogP contribution is 2.37. The smallest absolute Gasteiger partial charge is 0.395 e. The Labute approximate surface area is 160 Å². The fourth-order valence-electron chi connectivity index (χ4n) is 3.39. The molecule has 1 fully saturated rings. The number of aliphatic hydroxyl groups excluding tert-OH is 1. The highest BCUT2D eigenvalue weighted by molar-refractivity contribution is 6.17. The zero-order valence-electron chi connectivity index (χ0n) is 15.4. The summed E-state index contributed by atoms with van der Waals surface area (Å²) in [6.07, 6.45) is -1.64. The van der Waals surface area contributed by atoms with Gasteiger partial charge in [0.05, 0.1) is 30.1 Å². The number of carbonyl (C=O) groups excluding carboxylic acids is 2. The summed E-state index contributed by atoms with van der Waals surface area (Å²) in [6, 6.07) is 3.38. The van der Waals surface area contributed by atoms with Crippen molar-refractivity contribution in [3.05, 3.63) is 35.5 Å². The molecule has 0 radical (unpaired) electrons. The molecule has 0 atom stereocenters. The summed E-state index contributed by atoms with van der Waals surface area (Å²) in [6.45, 7) is 2.97. The van der Waals surface area contributed by atoms with Crippen LogP contribution in [-0.2, 0) is 15.8 Å². The second kappa shape index (κ2) is 7.83. The van der Waals surface area contributed by atoms with E-state index in [4.69, 9.17) is 5.11 Å². The fourth-order valence-corrected chi connectivity index (χ4v) is 3.39. The van der Waals surface area contributed by atoms with Crippen LogP contribution in [0, 0.1) is 5.92 Å². The summed E-state index contributed by atoms with van der Waals surface area (Å²) < 4.78 is 39.6. The van der Waals surface area contributed by atoms with Gasteiger partial charge in [0.1, 0.15) is 5.70 Å².